The van der Waals surface area contributed by atoms with Crippen molar-refractivity contribution in [3.63, 3.8) is 0 Å². The van der Waals surface area contributed by atoms with Gasteiger partial charge in [-0.2, -0.15) is 8.78 Å². The Morgan fingerprint density at radius 1 is 1.06 bits per heavy atom. The number of benzene rings is 2. The zero-order chi connectivity index (χ0) is 23.4. The Morgan fingerprint density at radius 2 is 1.66 bits per heavy atom. The number of hydrogen-bond donors (Lipinski definition) is 2. The first kappa shape index (κ1) is 22.9. The predicted molar refractivity (Wildman–Crippen MR) is 117 cm³/mol. The van der Waals surface area contributed by atoms with Crippen LogP contribution in [0.15, 0.2) is 48.5 Å². The highest BCUT2D eigenvalue weighted by Gasteiger charge is 2.27. The summed E-state index contributed by atoms with van der Waals surface area (Å²) in [6, 6.07) is 11.3. The summed E-state index contributed by atoms with van der Waals surface area (Å²) in [5, 5.41) is 0.292. The number of rotatable bonds is 9. The number of primary amides is 1. The van der Waals surface area contributed by atoms with Gasteiger partial charge in [-0.05, 0) is 55.5 Å². The standard InChI is InChI=1S/C21H20F2N4O4S/c1-11(19(25)29)27(13-5-9-14(30-2)10-6-13)21-26-18(24)17(32-21)16(28)12-3-7-15(8-4-12)31-20(22)23/h3-11,20H,24H2,1-2H3,(H2,25,29)/t11-/m1/s1. The molecular weight excluding hydrogens is 442 g/mol. The molecule has 0 aliphatic rings. The molecule has 1 atom stereocenters. The predicted octanol–water partition coefficient (Wildman–Crippen LogP) is 3.58. The van der Waals surface area contributed by atoms with Crippen molar-refractivity contribution in [2.24, 2.45) is 5.73 Å². The molecule has 0 saturated carbocycles. The minimum atomic E-state index is -2.97. The van der Waals surface area contributed by atoms with E-state index in [1.54, 1.807) is 36.1 Å². The molecule has 3 aromatic rings. The van der Waals surface area contributed by atoms with Crippen LogP contribution in [0.3, 0.4) is 0 Å². The molecule has 0 fully saturated rings. The molecule has 0 spiro atoms. The van der Waals surface area contributed by atoms with Gasteiger partial charge in [-0.1, -0.05) is 11.3 Å². The molecule has 0 unspecified atom stereocenters. The van der Waals surface area contributed by atoms with E-state index in [-0.39, 0.29) is 22.0 Å². The third-order valence-electron chi connectivity index (χ3n) is 4.55. The minimum Gasteiger partial charge on any atom is -0.497 e. The summed E-state index contributed by atoms with van der Waals surface area (Å²) in [4.78, 5) is 30.9. The van der Waals surface area contributed by atoms with Crippen LogP contribution in [0.2, 0.25) is 0 Å². The van der Waals surface area contributed by atoms with Crippen LogP contribution in [-0.2, 0) is 4.79 Å². The minimum absolute atomic E-state index is 0.0295. The van der Waals surface area contributed by atoms with Crippen molar-refractivity contribution < 1.29 is 27.8 Å². The lowest BCUT2D eigenvalue weighted by Crippen LogP contribution is -2.39. The highest BCUT2D eigenvalue weighted by Crippen LogP contribution is 2.36. The van der Waals surface area contributed by atoms with E-state index in [0.29, 0.717) is 16.6 Å². The second-order valence-electron chi connectivity index (χ2n) is 6.59. The first-order chi connectivity index (χ1) is 15.2. The quantitative estimate of drug-likeness (QED) is 0.466. The molecule has 8 nitrogen and oxygen atoms in total. The number of carbonyl (C=O) groups is 2. The number of aromatic nitrogens is 1. The average molecular weight is 462 g/mol. The fraction of sp³-hybridized carbons (Fsp3) is 0.190. The van der Waals surface area contributed by atoms with Gasteiger partial charge in [0.25, 0.3) is 0 Å². The highest BCUT2D eigenvalue weighted by molar-refractivity contribution is 7.18. The summed E-state index contributed by atoms with van der Waals surface area (Å²) < 4.78 is 34.1. The molecule has 0 bridgehead atoms. The molecule has 0 aliphatic heterocycles. The summed E-state index contributed by atoms with van der Waals surface area (Å²) in [6.45, 7) is -1.36. The summed E-state index contributed by atoms with van der Waals surface area (Å²) in [5.74, 6) is -0.531. The Kier molecular flexibility index (Phi) is 6.89. The molecule has 0 saturated heterocycles. The number of anilines is 3. The fourth-order valence-electron chi connectivity index (χ4n) is 2.87. The number of ether oxygens (including phenoxy) is 2. The van der Waals surface area contributed by atoms with E-state index in [1.165, 1.54) is 31.4 Å². The number of alkyl halides is 2. The molecule has 1 amide bonds. The Labute approximate surface area is 186 Å². The maximum Gasteiger partial charge on any atom is 0.387 e. The molecule has 2 aromatic carbocycles. The normalized spacial score (nSPS) is 11.8. The van der Waals surface area contributed by atoms with Crippen molar-refractivity contribution in [3.05, 3.63) is 59.0 Å². The summed E-state index contributed by atoms with van der Waals surface area (Å²) in [6.07, 6.45) is 0. The first-order valence-corrected chi connectivity index (χ1v) is 10.1. The second-order valence-corrected chi connectivity index (χ2v) is 7.57. The number of methoxy groups -OCH3 is 1. The summed E-state index contributed by atoms with van der Waals surface area (Å²) in [5.41, 5.74) is 12.3. The van der Waals surface area contributed by atoms with Crippen molar-refractivity contribution in [2.75, 3.05) is 17.7 Å². The van der Waals surface area contributed by atoms with Crippen LogP contribution in [0.4, 0.5) is 25.4 Å². The smallest absolute Gasteiger partial charge is 0.387 e. The van der Waals surface area contributed by atoms with Gasteiger partial charge in [-0.3, -0.25) is 9.59 Å². The van der Waals surface area contributed by atoms with E-state index in [9.17, 15) is 18.4 Å². The van der Waals surface area contributed by atoms with Crippen LogP contribution in [0, 0.1) is 0 Å². The van der Waals surface area contributed by atoms with Crippen LogP contribution in [-0.4, -0.2) is 36.4 Å². The van der Waals surface area contributed by atoms with Crippen LogP contribution >= 0.6 is 11.3 Å². The maximum absolute atomic E-state index is 12.9. The van der Waals surface area contributed by atoms with E-state index in [2.05, 4.69) is 9.72 Å². The van der Waals surface area contributed by atoms with Crippen LogP contribution in [0.5, 0.6) is 11.5 Å². The first-order valence-electron chi connectivity index (χ1n) is 9.29. The molecule has 4 N–H and O–H groups in total. The Bertz CT molecular complexity index is 1100. The molecule has 0 radical (unpaired) electrons. The Hall–Kier alpha value is -3.73. The van der Waals surface area contributed by atoms with Crippen molar-refractivity contribution in [3.8, 4) is 11.5 Å². The van der Waals surface area contributed by atoms with Crippen LogP contribution in [0.1, 0.15) is 22.2 Å². The summed E-state index contributed by atoms with van der Waals surface area (Å²) >= 11 is 0.986. The SMILES string of the molecule is COc1ccc(N(c2nc(N)c(C(=O)c3ccc(OC(F)F)cc3)s2)[C@H](C)C(N)=O)cc1. The van der Waals surface area contributed by atoms with Crippen molar-refractivity contribution in [1.29, 1.82) is 0 Å². The van der Waals surface area contributed by atoms with Gasteiger partial charge < -0.3 is 25.8 Å². The fourth-order valence-corrected chi connectivity index (χ4v) is 3.92. The maximum atomic E-state index is 12.9. The number of amides is 1. The molecule has 3 rings (SSSR count). The Balaban J connectivity index is 1.95. The van der Waals surface area contributed by atoms with E-state index in [1.807, 2.05) is 0 Å². The van der Waals surface area contributed by atoms with Gasteiger partial charge in [-0.15, -0.1) is 0 Å². The number of carbonyl (C=O) groups excluding carboxylic acids is 2. The molecule has 0 aliphatic carbocycles. The van der Waals surface area contributed by atoms with Gasteiger partial charge in [0.1, 0.15) is 28.2 Å². The topological polar surface area (TPSA) is 121 Å². The number of nitrogens with zero attached hydrogens (tertiary/aromatic N) is 2. The lowest BCUT2D eigenvalue weighted by molar-refractivity contribution is -0.118. The molecule has 1 heterocycles. The van der Waals surface area contributed by atoms with Gasteiger partial charge in [-0.25, -0.2) is 4.98 Å². The van der Waals surface area contributed by atoms with E-state index < -0.39 is 24.3 Å². The van der Waals surface area contributed by atoms with Gasteiger partial charge >= 0.3 is 6.61 Å². The number of ketones is 1. The molecule has 168 valence electrons. The van der Waals surface area contributed by atoms with Gasteiger partial charge in [0.05, 0.1) is 7.11 Å². The number of nitrogens with two attached hydrogens (primary N) is 2. The lowest BCUT2D eigenvalue weighted by atomic mass is 10.1. The van der Waals surface area contributed by atoms with Crippen LogP contribution in [0.25, 0.3) is 0 Å². The van der Waals surface area contributed by atoms with Gasteiger partial charge in [0.15, 0.2) is 5.13 Å². The van der Waals surface area contributed by atoms with E-state index in [0.717, 1.165) is 11.3 Å². The monoisotopic (exact) mass is 462 g/mol. The van der Waals surface area contributed by atoms with E-state index in [4.69, 9.17) is 16.2 Å². The number of hydrogen-bond acceptors (Lipinski definition) is 8. The largest absolute Gasteiger partial charge is 0.497 e. The molecule has 32 heavy (non-hydrogen) atoms. The van der Waals surface area contributed by atoms with Crippen molar-refractivity contribution in [2.45, 2.75) is 19.6 Å². The number of thiazole rings is 1. The van der Waals surface area contributed by atoms with Crippen LogP contribution < -0.4 is 25.8 Å². The zero-order valence-corrected chi connectivity index (χ0v) is 17.9. The number of halogens is 2. The number of nitrogen functional groups attached to an aromatic ring is 1. The molecular formula is C21H20F2N4O4S. The molecule has 1 aromatic heterocycles. The van der Waals surface area contributed by atoms with Gasteiger partial charge in [0, 0.05) is 11.3 Å². The zero-order valence-electron chi connectivity index (χ0n) is 17.1. The third-order valence-corrected chi connectivity index (χ3v) is 5.61. The summed E-state index contributed by atoms with van der Waals surface area (Å²) in [7, 11) is 1.53. The lowest BCUT2D eigenvalue weighted by Gasteiger charge is -2.26. The van der Waals surface area contributed by atoms with Gasteiger partial charge in [0.2, 0.25) is 11.7 Å². The highest BCUT2D eigenvalue weighted by atomic mass is 32.1. The second kappa shape index (κ2) is 9.60. The Morgan fingerprint density at radius 3 is 2.19 bits per heavy atom. The third kappa shape index (κ3) is 4.94. The van der Waals surface area contributed by atoms with Crippen molar-refractivity contribution >= 4 is 39.7 Å². The van der Waals surface area contributed by atoms with Crippen molar-refractivity contribution in [1.82, 2.24) is 4.98 Å². The van der Waals surface area contributed by atoms with E-state index >= 15 is 0 Å². The molecule has 11 heteroatoms. The average Bonchev–Trinajstić information content (AvgIpc) is 3.14.